The molecule has 1 aromatic heterocycles. The summed E-state index contributed by atoms with van der Waals surface area (Å²) in [5, 5.41) is 4.30. The number of aromatic nitrogens is 2. The molecule has 0 bridgehead atoms. The third-order valence-corrected chi connectivity index (χ3v) is 2.74. The van der Waals surface area contributed by atoms with Crippen molar-refractivity contribution in [2.24, 2.45) is 18.7 Å². The van der Waals surface area contributed by atoms with E-state index in [1.54, 1.807) is 0 Å². The maximum absolute atomic E-state index is 6.10. The van der Waals surface area contributed by atoms with Crippen molar-refractivity contribution >= 4 is 0 Å². The summed E-state index contributed by atoms with van der Waals surface area (Å²) in [6.07, 6.45) is 5.91. The van der Waals surface area contributed by atoms with E-state index in [9.17, 15) is 0 Å². The summed E-state index contributed by atoms with van der Waals surface area (Å²) in [6, 6.07) is 0.196. The first-order chi connectivity index (χ1) is 6.16. The number of nitrogens with two attached hydrogens (primary N) is 1. The molecule has 0 radical (unpaired) electrons. The highest BCUT2D eigenvalue weighted by atomic mass is 15.2. The van der Waals surface area contributed by atoms with E-state index in [0.717, 1.165) is 18.0 Å². The summed E-state index contributed by atoms with van der Waals surface area (Å²) < 4.78 is 1.84. The minimum Gasteiger partial charge on any atom is -0.324 e. The lowest BCUT2D eigenvalue weighted by molar-refractivity contribution is 0.594. The van der Waals surface area contributed by atoms with E-state index in [2.05, 4.69) is 5.10 Å². The second-order valence-corrected chi connectivity index (χ2v) is 4.13. The van der Waals surface area contributed by atoms with Gasteiger partial charge in [0.25, 0.3) is 0 Å². The normalized spacial score (nSPS) is 19.0. The van der Waals surface area contributed by atoms with Gasteiger partial charge in [0.1, 0.15) is 0 Å². The average Bonchev–Trinajstić information content (AvgIpc) is 2.77. The summed E-state index contributed by atoms with van der Waals surface area (Å²) in [4.78, 5) is 0. The van der Waals surface area contributed by atoms with Crippen LogP contribution in [0.15, 0.2) is 6.20 Å². The van der Waals surface area contributed by atoms with Gasteiger partial charge in [0.05, 0.1) is 5.69 Å². The lowest BCUT2D eigenvalue weighted by atomic mass is 10.0. The zero-order valence-electron chi connectivity index (χ0n) is 8.33. The van der Waals surface area contributed by atoms with E-state index in [-0.39, 0.29) is 6.04 Å². The monoisotopic (exact) mass is 179 g/mol. The van der Waals surface area contributed by atoms with Crippen LogP contribution in [0.25, 0.3) is 0 Å². The quantitative estimate of drug-likeness (QED) is 0.764. The number of aryl methyl sites for hydroxylation is 2. The Kier molecular flexibility index (Phi) is 2.12. The zero-order valence-corrected chi connectivity index (χ0v) is 8.33. The molecule has 1 fully saturated rings. The van der Waals surface area contributed by atoms with E-state index in [1.165, 1.54) is 18.4 Å². The number of hydrogen-bond donors (Lipinski definition) is 1. The molecule has 1 aliphatic carbocycles. The van der Waals surface area contributed by atoms with Gasteiger partial charge in [-0.3, -0.25) is 4.68 Å². The molecule has 0 spiro atoms. The predicted octanol–water partition coefficient (Wildman–Crippen LogP) is 1.53. The highest BCUT2D eigenvalue weighted by Crippen LogP contribution is 2.37. The Bertz CT molecular complexity index is 299. The van der Waals surface area contributed by atoms with Gasteiger partial charge in [-0.15, -0.1) is 0 Å². The molecule has 0 saturated heterocycles. The summed E-state index contributed by atoms with van der Waals surface area (Å²) in [5.74, 6) is 0.884. The van der Waals surface area contributed by atoms with Crippen molar-refractivity contribution in [3.63, 3.8) is 0 Å². The Morgan fingerprint density at radius 3 is 2.85 bits per heavy atom. The molecule has 1 atom stereocenters. The van der Waals surface area contributed by atoms with Gasteiger partial charge in [-0.2, -0.15) is 5.10 Å². The fraction of sp³-hybridized carbons (Fsp3) is 0.700. The van der Waals surface area contributed by atoms with Crippen LogP contribution in [0.4, 0.5) is 0 Å². The SMILES string of the molecule is Cc1nn(C)cc1C(N)CC1CC1. The first-order valence-electron chi connectivity index (χ1n) is 4.92. The molecule has 0 aliphatic heterocycles. The van der Waals surface area contributed by atoms with Crippen LogP contribution in [0.2, 0.25) is 0 Å². The highest BCUT2D eigenvalue weighted by Gasteiger charge is 2.25. The van der Waals surface area contributed by atoms with Crippen molar-refractivity contribution in [3.8, 4) is 0 Å². The van der Waals surface area contributed by atoms with Gasteiger partial charge in [-0.1, -0.05) is 12.8 Å². The van der Waals surface area contributed by atoms with Crippen LogP contribution in [0.3, 0.4) is 0 Å². The third-order valence-electron chi connectivity index (χ3n) is 2.74. The molecule has 13 heavy (non-hydrogen) atoms. The van der Waals surface area contributed by atoms with E-state index in [4.69, 9.17) is 5.73 Å². The van der Waals surface area contributed by atoms with E-state index < -0.39 is 0 Å². The lowest BCUT2D eigenvalue weighted by Crippen LogP contribution is -2.11. The molecule has 1 heterocycles. The molecule has 1 unspecified atom stereocenters. The van der Waals surface area contributed by atoms with Crippen molar-refractivity contribution in [1.82, 2.24) is 9.78 Å². The van der Waals surface area contributed by atoms with Gasteiger partial charge in [-0.05, 0) is 19.3 Å². The van der Waals surface area contributed by atoms with Crippen LogP contribution < -0.4 is 5.73 Å². The van der Waals surface area contributed by atoms with Crippen molar-refractivity contribution in [1.29, 1.82) is 0 Å². The largest absolute Gasteiger partial charge is 0.324 e. The fourth-order valence-electron chi connectivity index (χ4n) is 1.82. The molecule has 0 aromatic carbocycles. The van der Waals surface area contributed by atoms with Crippen LogP contribution in [-0.4, -0.2) is 9.78 Å². The Morgan fingerprint density at radius 2 is 2.38 bits per heavy atom. The first-order valence-corrected chi connectivity index (χ1v) is 4.92. The molecule has 72 valence electrons. The van der Waals surface area contributed by atoms with Gasteiger partial charge in [0.2, 0.25) is 0 Å². The van der Waals surface area contributed by atoms with Gasteiger partial charge in [0, 0.05) is 24.8 Å². The van der Waals surface area contributed by atoms with Crippen molar-refractivity contribution in [3.05, 3.63) is 17.5 Å². The maximum atomic E-state index is 6.10. The van der Waals surface area contributed by atoms with Gasteiger partial charge in [-0.25, -0.2) is 0 Å². The van der Waals surface area contributed by atoms with E-state index in [1.807, 2.05) is 24.9 Å². The van der Waals surface area contributed by atoms with Crippen LogP contribution in [0.5, 0.6) is 0 Å². The summed E-state index contributed by atoms with van der Waals surface area (Å²) in [5.41, 5.74) is 8.39. The van der Waals surface area contributed by atoms with Crippen molar-refractivity contribution in [2.75, 3.05) is 0 Å². The summed E-state index contributed by atoms with van der Waals surface area (Å²) in [7, 11) is 1.94. The molecule has 2 N–H and O–H groups in total. The Morgan fingerprint density at radius 1 is 1.69 bits per heavy atom. The third kappa shape index (κ3) is 1.91. The molecule has 1 aliphatic rings. The van der Waals surface area contributed by atoms with Gasteiger partial charge in [0.15, 0.2) is 0 Å². The Hall–Kier alpha value is -0.830. The molecule has 1 aromatic rings. The maximum Gasteiger partial charge on any atom is 0.0641 e. The fourth-order valence-corrected chi connectivity index (χ4v) is 1.82. The Balaban J connectivity index is 2.08. The zero-order chi connectivity index (χ0) is 9.42. The van der Waals surface area contributed by atoms with Crippen LogP contribution in [0, 0.1) is 12.8 Å². The minimum absolute atomic E-state index is 0.196. The van der Waals surface area contributed by atoms with Gasteiger partial charge < -0.3 is 5.73 Å². The second kappa shape index (κ2) is 3.14. The van der Waals surface area contributed by atoms with Crippen LogP contribution >= 0.6 is 0 Å². The molecule has 0 amide bonds. The lowest BCUT2D eigenvalue weighted by Gasteiger charge is -2.08. The topological polar surface area (TPSA) is 43.8 Å². The summed E-state index contributed by atoms with van der Waals surface area (Å²) >= 11 is 0. The smallest absolute Gasteiger partial charge is 0.0641 e. The van der Waals surface area contributed by atoms with E-state index >= 15 is 0 Å². The van der Waals surface area contributed by atoms with Crippen molar-refractivity contribution < 1.29 is 0 Å². The molecule has 2 rings (SSSR count). The molecular formula is C10H17N3. The number of nitrogens with zero attached hydrogens (tertiary/aromatic N) is 2. The van der Waals surface area contributed by atoms with Crippen LogP contribution in [-0.2, 0) is 7.05 Å². The standard InChI is InChI=1S/C10H17N3/c1-7-9(6-13(2)12-7)10(11)5-8-3-4-8/h6,8,10H,3-5,11H2,1-2H3. The number of hydrogen-bond acceptors (Lipinski definition) is 2. The average molecular weight is 179 g/mol. The van der Waals surface area contributed by atoms with Crippen LogP contribution in [0.1, 0.15) is 36.6 Å². The second-order valence-electron chi connectivity index (χ2n) is 4.13. The predicted molar refractivity (Wildman–Crippen MR) is 52.2 cm³/mol. The van der Waals surface area contributed by atoms with Crippen molar-refractivity contribution in [2.45, 2.75) is 32.2 Å². The first kappa shape index (κ1) is 8.75. The Labute approximate surface area is 78.9 Å². The highest BCUT2D eigenvalue weighted by molar-refractivity contribution is 5.19. The molecular weight excluding hydrogens is 162 g/mol. The van der Waals surface area contributed by atoms with Gasteiger partial charge >= 0.3 is 0 Å². The summed E-state index contributed by atoms with van der Waals surface area (Å²) in [6.45, 7) is 2.03. The molecule has 1 saturated carbocycles. The molecule has 3 nitrogen and oxygen atoms in total. The minimum atomic E-state index is 0.196. The number of rotatable bonds is 3. The molecule has 3 heteroatoms. The van der Waals surface area contributed by atoms with E-state index in [0.29, 0.717) is 0 Å².